The number of benzene rings is 1. The molecular weight excluding hydrogens is 402 g/mol. The second-order valence-electron chi connectivity index (χ2n) is 8.81. The summed E-state index contributed by atoms with van der Waals surface area (Å²) >= 11 is 0. The van der Waals surface area contributed by atoms with E-state index in [0.717, 1.165) is 78.2 Å². The fourth-order valence-corrected chi connectivity index (χ4v) is 4.80. The molecule has 0 bridgehead atoms. The lowest BCUT2D eigenvalue weighted by Crippen LogP contribution is -2.53. The van der Waals surface area contributed by atoms with Crippen molar-refractivity contribution < 1.29 is 9.47 Å². The predicted molar refractivity (Wildman–Crippen MR) is 131 cm³/mol. The number of nitrogens with one attached hydrogen (secondary N) is 2. The van der Waals surface area contributed by atoms with E-state index in [9.17, 15) is 0 Å². The number of hydrogen-bond donors (Lipinski definition) is 2. The Morgan fingerprint density at radius 1 is 0.969 bits per heavy atom. The van der Waals surface area contributed by atoms with E-state index in [0.29, 0.717) is 12.0 Å². The van der Waals surface area contributed by atoms with Crippen molar-refractivity contribution in [2.45, 2.75) is 45.8 Å². The van der Waals surface area contributed by atoms with Crippen molar-refractivity contribution in [1.29, 1.82) is 0 Å². The van der Waals surface area contributed by atoms with E-state index in [1.807, 2.05) is 7.05 Å². The number of aliphatic imine (C=N–C) groups is 1. The second kappa shape index (κ2) is 13.8. The highest BCUT2D eigenvalue weighted by molar-refractivity contribution is 5.79. The molecule has 1 aromatic rings. The molecule has 0 radical (unpaired) electrons. The van der Waals surface area contributed by atoms with Gasteiger partial charge in [-0.15, -0.1) is 0 Å². The minimum atomic E-state index is 0.504. The Labute approximate surface area is 194 Å². The van der Waals surface area contributed by atoms with E-state index in [1.165, 1.54) is 24.0 Å². The average molecular weight is 446 g/mol. The van der Waals surface area contributed by atoms with Gasteiger partial charge in [0.25, 0.3) is 0 Å². The summed E-state index contributed by atoms with van der Waals surface area (Å²) in [7, 11) is 1.85. The van der Waals surface area contributed by atoms with Crippen LogP contribution in [0.5, 0.6) is 0 Å². The molecule has 0 saturated carbocycles. The fourth-order valence-electron chi connectivity index (χ4n) is 4.80. The summed E-state index contributed by atoms with van der Waals surface area (Å²) in [6.07, 6.45) is 2.39. The summed E-state index contributed by atoms with van der Waals surface area (Å²) in [4.78, 5) is 9.53. The molecule has 2 fully saturated rings. The van der Waals surface area contributed by atoms with Crippen LogP contribution in [0.4, 0.5) is 0 Å². The highest BCUT2D eigenvalue weighted by atomic mass is 16.5. The Kier molecular flexibility index (Phi) is 10.8. The van der Waals surface area contributed by atoms with E-state index in [1.54, 1.807) is 0 Å². The number of morpholine rings is 2. The Bertz CT molecular complexity index is 683. The van der Waals surface area contributed by atoms with Crippen LogP contribution in [-0.4, -0.2) is 88.0 Å². The molecule has 0 amide bonds. The van der Waals surface area contributed by atoms with Crippen LogP contribution in [0.2, 0.25) is 0 Å². The number of ether oxygens (including phenoxy) is 2. The molecule has 2 heterocycles. The number of guanidine groups is 1. The number of nitrogens with zero attached hydrogens (tertiary/aromatic N) is 3. The van der Waals surface area contributed by atoms with Gasteiger partial charge in [-0.3, -0.25) is 14.8 Å². The van der Waals surface area contributed by atoms with Gasteiger partial charge in [-0.25, -0.2) is 0 Å². The Morgan fingerprint density at radius 2 is 1.62 bits per heavy atom. The van der Waals surface area contributed by atoms with E-state index in [4.69, 9.17) is 9.47 Å². The smallest absolute Gasteiger partial charge is 0.191 e. The second-order valence-corrected chi connectivity index (χ2v) is 8.81. The molecule has 7 heteroatoms. The van der Waals surface area contributed by atoms with Crippen molar-refractivity contribution in [2.24, 2.45) is 10.9 Å². The minimum Gasteiger partial charge on any atom is -0.379 e. The molecule has 2 aliphatic heterocycles. The van der Waals surface area contributed by atoms with E-state index in [-0.39, 0.29) is 0 Å². The van der Waals surface area contributed by atoms with E-state index in [2.05, 4.69) is 63.5 Å². The third-order valence-electron chi connectivity index (χ3n) is 6.77. The highest BCUT2D eigenvalue weighted by Crippen LogP contribution is 2.19. The Hall–Kier alpha value is -1.67. The van der Waals surface area contributed by atoms with Gasteiger partial charge in [-0.1, -0.05) is 51.0 Å². The molecule has 2 saturated heterocycles. The SMILES string of the molecule is CCC(CC)C(CNC(=NC)NCc1cccc(CN2CCOCC2)c1)N1CCOCC1. The standard InChI is InChI=1S/C25H43N5O2/c1-4-23(5-2)24(30-11-15-32-16-12-30)19-28-25(26-3)27-18-21-7-6-8-22(17-21)20-29-9-13-31-14-10-29/h6-8,17,23-24H,4-5,9-16,18-20H2,1-3H3,(H2,26,27,28). The lowest BCUT2D eigenvalue weighted by molar-refractivity contribution is 0.00272. The molecule has 0 aliphatic carbocycles. The van der Waals surface area contributed by atoms with Crippen LogP contribution < -0.4 is 10.6 Å². The quantitative estimate of drug-likeness (QED) is 0.426. The first kappa shape index (κ1) is 25.0. The lowest BCUT2D eigenvalue weighted by Gasteiger charge is -2.39. The van der Waals surface area contributed by atoms with Gasteiger partial charge in [0.1, 0.15) is 0 Å². The zero-order chi connectivity index (χ0) is 22.6. The zero-order valence-corrected chi connectivity index (χ0v) is 20.3. The van der Waals surface area contributed by atoms with Gasteiger partial charge in [0, 0.05) is 58.9 Å². The van der Waals surface area contributed by atoms with Gasteiger partial charge in [-0.2, -0.15) is 0 Å². The monoisotopic (exact) mass is 445 g/mol. The third-order valence-corrected chi connectivity index (χ3v) is 6.77. The van der Waals surface area contributed by atoms with Gasteiger partial charge in [0.2, 0.25) is 0 Å². The summed E-state index contributed by atoms with van der Waals surface area (Å²) in [6.45, 7) is 14.7. The first-order valence-corrected chi connectivity index (χ1v) is 12.4. The van der Waals surface area contributed by atoms with E-state index < -0.39 is 0 Å². The largest absolute Gasteiger partial charge is 0.379 e. The molecule has 3 rings (SSSR count). The van der Waals surface area contributed by atoms with Crippen molar-refractivity contribution in [3.8, 4) is 0 Å². The lowest BCUT2D eigenvalue weighted by atomic mass is 9.92. The summed E-state index contributed by atoms with van der Waals surface area (Å²) in [6, 6.07) is 9.36. The van der Waals surface area contributed by atoms with Crippen molar-refractivity contribution >= 4 is 5.96 Å². The molecule has 1 atom stereocenters. The maximum Gasteiger partial charge on any atom is 0.191 e. The molecule has 2 aliphatic rings. The van der Waals surface area contributed by atoms with Gasteiger partial charge in [0.05, 0.1) is 26.4 Å². The Balaban J connectivity index is 1.51. The van der Waals surface area contributed by atoms with Crippen LogP contribution in [0.25, 0.3) is 0 Å². The Morgan fingerprint density at radius 3 is 2.28 bits per heavy atom. The number of hydrogen-bond acceptors (Lipinski definition) is 5. The highest BCUT2D eigenvalue weighted by Gasteiger charge is 2.27. The normalized spacial score (nSPS) is 19.8. The summed E-state index contributed by atoms with van der Waals surface area (Å²) in [5.41, 5.74) is 2.64. The third kappa shape index (κ3) is 7.73. The topological polar surface area (TPSA) is 61.4 Å². The average Bonchev–Trinajstić information content (AvgIpc) is 2.85. The van der Waals surface area contributed by atoms with Crippen LogP contribution in [0, 0.1) is 5.92 Å². The van der Waals surface area contributed by atoms with Crippen LogP contribution in [0.15, 0.2) is 29.3 Å². The van der Waals surface area contributed by atoms with Crippen molar-refractivity contribution in [3.63, 3.8) is 0 Å². The van der Waals surface area contributed by atoms with Gasteiger partial charge in [0.15, 0.2) is 5.96 Å². The van der Waals surface area contributed by atoms with Crippen molar-refractivity contribution in [2.75, 3.05) is 66.2 Å². The molecule has 2 N–H and O–H groups in total. The van der Waals surface area contributed by atoms with Crippen molar-refractivity contribution in [3.05, 3.63) is 35.4 Å². The molecule has 0 aromatic heterocycles. The molecule has 0 spiro atoms. The van der Waals surface area contributed by atoms with Crippen LogP contribution in [0.3, 0.4) is 0 Å². The van der Waals surface area contributed by atoms with Gasteiger partial charge in [-0.05, 0) is 17.0 Å². The maximum atomic E-state index is 5.58. The van der Waals surface area contributed by atoms with Crippen LogP contribution in [0.1, 0.15) is 37.8 Å². The zero-order valence-electron chi connectivity index (χ0n) is 20.3. The summed E-state index contributed by atoms with van der Waals surface area (Å²) in [5, 5.41) is 7.11. The molecule has 1 aromatic carbocycles. The first-order chi connectivity index (χ1) is 15.7. The van der Waals surface area contributed by atoms with Crippen LogP contribution in [-0.2, 0) is 22.6 Å². The molecule has 32 heavy (non-hydrogen) atoms. The fraction of sp³-hybridized carbons (Fsp3) is 0.720. The van der Waals surface area contributed by atoms with E-state index >= 15 is 0 Å². The predicted octanol–water partition coefficient (Wildman–Crippen LogP) is 2.32. The summed E-state index contributed by atoms with van der Waals surface area (Å²) in [5.74, 6) is 1.54. The van der Waals surface area contributed by atoms with Gasteiger partial charge < -0.3 is 20.1 Å². The summed E-state index contributed by atoms with van der Waals surface area (Å²) < 4.78 is 11.0. The van der Waals surface area contributed by atoms with Crippen LogP contribution >= 0.6 is 0 Å². The van der Waals surface area contributed by atoms with Crippen molar-refractivity contribution in [1.82, 2.24) is 20.4 Å². The van der Waals surface area contributed by atoms with Gasteiger partial charge >= 0.3 is 0 Å². The molecule has 7 nitrogen and oxygen atoms in total. The molecule has 1 unspecified atom stereocenters. The molecule has 180 valence electrons. The minimum absolute atomic E-state index is 0.504. The maximum absolute atomic E-state index is 5.58. The first-order valence-electron chi connectivity index (χ1n) is 12.4. The molecular formula is C25H43N5O2. The number of rotatable bonds is 10.